The number of aromatic nitrogens is 1. The van der Waals surface area contributed by atoms with Gasteiger partial charge in [-0.15, -0.1) is 0 Å². The Morgan fingerprint density at radius 3 is 2.38 bits per heavy atom. The van der Waals surface area contributed by atoms with E-state index in [1.165, 1.54) is 0 Å². The SMILES string of the molecule is O=C(O)c1cc(-c2ccc(-c3ccco3)cc2)nc2ccccc12. The fourth-order valence-electron chi connectivity index (χ4n) is 2.75. The number of para-hydroxylation sites is 1. The van der Waals surface area contributed by atoms with Gasteiger partial charge in [-0.1, -0.05) is 42.5 Å². The lowest BCUT2D eigenvalue weighted by Gasteiger charge is -2.07. The Balaban J connectivity index is 1.83. The number of aromatic carboxylic acids is 1. The zero-order chi connectivity index (χ0) is 16.5. The van der Waals surface area contributed by atoms with Gasteiger partial charge in [0.15, 0.2) is 0 Å². The predicted octanol–water partition coefficient (Wildman–Crippen LogP) is 4.86. The van der Waals surface area contributed by atoms with Gasteiger partial charge in [-0.05, 0) is 24.3 Å². The molecule has 2 aromatic heterocycles. The number of hydrogen-bond acceptors (Lipinski definition) is 3. The minimum absolute atomic E-state index is 0.255. The van der Waals surface area contributed by atoms with Crippen LogP contribution in [-0.2, 0) is 0 Å². The van der Waals surface area contributed by atoms with Crippen molar-refractivity contribution >= 4 is 16.9 Å². The third kappa shape index (κ3) is 2.44. The first-order valence-corrected chi connectivity index (χ1v) is 7.50. The van der Waals surface area contributed by atoms with Gasteiger partial charge in [-0.25, -0.2) is 9.78 Å². The molecule has 4 heteroatoms. The first-order chi connectivity index (χ1) is 11.7. The molecule has 24 heavy (non-hydrogen) atoms. The van der Waals surface area contributed by atoms with E-state index >= 15 is 0 Å². The summed E-state index contributed by atoms with van der Waals surface area (Å²) < 4.78 is 5.38. The molecule has 1 N–H and O–H groups in total. The number of carboxylic acid groups (broad SMARTS) is 1. The monoisotopic (exact) mass is 315 g/mol. The number of benzene rings is 2. The van der Waals surface area contributed by atoms with Crippen LogP contribution < -0.4 is 0 Å². The van der Waals surface area contributed by atoms with Gasteiger partial charge in [0.1, 0.15) is 5.76 Å². The zero-order valence-corrected chi connectivity index (χ0v) is 12.6. The van der Waals surface area contributed by atoms with Crippen molar-refractivity contribution in [1.82, 2.24) is 4.98 Å². The van der Waals surface area contributed by atoms with Gasteiger partial charge < -0.3 is 9.52 Å². The second-order valence-corrected chi connectivity index (χ2v) is 5.43. The number of hydrogen-bond donors (Lipinski definition) is 1. The highest BCUT2D eigenvalue weighted by Crippen LogP contribution is 2.27. The number of nitrogens with zero attached hydrogens (tertiary/aromatic N) is 1. The van der Waals surface area contributed by atoms with E-state index in [4.69, 9.17) is 4.42 Å². The summed E-state index contributed by atoms with van der Waals surface area (Å²) in [6.07, 6.45) is 1.63. The highest BCUT2D eigenvalue weighted by molar-refractivity contribution is 6.03. The molecule has 2 heterocycles. The molecule has 0 aliphatic carbocycles. The molecule has 0 atom stereocenters. The van der Waals surface area contributed by atoms with E-state index < -0.39 is 5.97 Å². The third-order valence-corrected chi connectivity index (χ3v) is 3.93. The molecule has 0 amide bonds. The number of rotatable bonds is 3. The van der Waals surface area contributed by atoms with E-state index in [0.29, 0.717) is 16.6 Å². The highest BCUT2D eigenvalue weighted by atomic mass is 16.4. The molecule has 116 valence electrons. The molecule has 0 aliphatic heterocycles. The van der Waals surface area contributed by atoms with E-state index in [1.54, 1.807) is 18.4 Å². The van der Waals surface area contributed by atoms with Gasteiger partial charge in [0.25, 0.3) is 0 Å². The van der Waals surface area contributed by atoms with Crippen molar-refractivity contribution in [2.75, 3.05) is 0 Å². The summed E-state index contributed by atoms with van der Waals surface area (Å²) in [6, 6.07) is 20.3. The van der Waals surface area contributed by atoms with Crippen molar-refractivity contribution in [1.29, 1.82) is 0 Å². The van der Waals surface area contributed by atoms with Crippen LogP contribution in [0.1, 0.15) is 10.4 Å². The van der Waals surface area contributed by atoms with Crippen molar-refractivity contribution in [3.8, 4) is 22.6 Å². The smallest absolute Gasteiger partial charge is 0.336 e. The maximum absolute atomic E-state index is 11.6. The van der Waals surface area contributed by atoms with Crippen LogP contribution in [0.5, 0.6) is 0 Å². The zero-order valence-electron chi connectivity index (χ0n) is 12.6. The minimum Gasteiger partial charge on any atom is -0.478 e. The molecule has 0 aliphatic rings. The average Bonchev–Trinajstić information content (AvgIpc) is 3.15. The van der Waals surface area contributed by atoms with E-state index in [0.717, 1.165) is 16.9 Å². The van der Waals surface area contributed by atoms with Crippen LogP contribution in [0.15, 0.2) is 77.4 Å². The Labute approximate surface area is 138 Å². The molecular weight excluding hydrogens is 302 g/mol. The minimum atomic E-state index is -0.956. The number of carboxylic acids is 1. The number of carbonyl (C=O) groups is 1. The summed E-state index contributed by atoms with van der Waals surface area (Å²) in [6.45, 7) is 0. The average molecular weight is 315 g/mol. The molecule has 4 rings (SSSR count). The van der Waals surface area contributed by atoms with Crippen molar-refractivity contribution in [2.45, 2.75) is 0 Å². The largest absolute Gasteiger partial charge is 0.478 e. The van der Waals surface area contributed by atoms with Crippen molar-refractivity contribution in [3.63, 3.8) is 0 Å². The van der Waals surface area contributed by atoms with Crippen LogP contribution in [0, 0.1) is 0 Å². The molecular formula is C20H13NO3. The van der Waals surface area contributed by atoms with Crippen molar-refractivity contribution < 1.29 is 14.3 Å². The Morgan fingerprint density at radius 2 is 1.67 bits per heavy atom. The Kier molecular flexibility index (Phi) is 3.35. The van der Waals surface area contributed by atoms with Gasteiger partial charge in [-0.3, -0.25) is 0 Å². The molecule has 0 saturated heterocycles. The van der Waals surface area contributed by atoms with E-state index in [1.807, 2.05) is 54.6 Å². The first-order valence-electron chi connectivity index (χ1n) is 7.50. The second kappa shape index (κ2) is 5.66. The van der Waals surface area contributed by atoms with Crippen LogP contribution in [0.3, 0.4) is 0 Å². The van der Waals surface area contributed by atoms with Gasteiger partial charge in [0.05, 0.1) is 23.0 Å². The summed E-state index contributed by atoms with van der Waals surface area (Å²) in [5, 5.41) is 10.1. The molecule has 2 aromatic carbocycles. The maximum Gasteiger partial charge on any atom is 0.336 e. The van der Waals surface area contributed by atoms with Gasteiger partial charge in [0.2, 0.25) is 0 Å². The Morgan fingerprint density at radius 1 is 0.917 bits per heavy atom. The fraction of sp³-hybridized carbons (Fsp3) is 0. The van der Waals surface area contributed by atoms with Crippen LogP contribution in [0.25, 0.3) is 33.5 Å². The van der Waals surface area contributed by atoms with E-state index in [9.17, 15) is 9.90 Å². The molecule has 0 fully saturated rings. The number of furan rings is 1. The maximum atomic E-state index is 11.6. The third-order valence-electron chi connectivity index (χ3n) is 3.93. The molecule has 0 spiro atoms. The second-order valence-electron chi connectivity index (χ2n) is 5.43. The first kappa shape index (κ1) is 14.2. The van der Waals surface area contributed by atoms with Crippen molar-refractivity contribution in [2.24, 2.45) is 0 Å². The van der Waals surface area contributed by atoms with E-state index in [2.05, 4.69) is 4.98 Å². The normalized spacial score (nSPS) is 10.8. The number of pyridine rings is 1. The van der Waals surface area contributed by atoms with Gasteiger partial charge >= 0.3 is 5.97 Å². The predicted molar refractivity (Wildman–Crippen MR) is 91.8 cm³/mol. The lowest BCUT2D eigenvalue weighted by molar-refractivity contribution is 0.0699. The quantitative estimate of drug-likeness (QED) is 0.586. The summed E-state index contributed by atoms with van der Waals surface area (Å²) in [5.74, 6) is -0.165. The summed E-state index contributed by atoms with van der Waals surface area (Å²) in [4.78, 5) is 16.2. The molecule has 0 saturated carbocycles. The van der Waals surface area contributed by atoms with Crippen LogP contribution in [0.4, 0.5) is 0 Å². The molecule has 0 bridgehead atoms. The summed E-state index contributed by atoms with van der Waals surface area (Å²) >= 11 is 0. The Hall–Kier alpha value is -3.40. The van der Waals surface area contributed by atoms with Gasteiger partial charge in [-0.2, -0.15) is 0 Å². The van der Waals surface area contributed by atoms with Crippen LogP contribution >= 0.6 is 0 Å². The van der Waals surface area contributed by atoms with Crippen molar-refractivity contribution in [3.05, 3.63) is 78.6 Å². The standard InChI is InChI=1S/C20H13NO3/c22-20(23)16-12-18(21-17-5-2-1-4-15(16)17)13-7-9-14(10-8-13)19-6-3-11-24-19/h1-12H,(H,22,23). The van der Waals surface area contributed by atoms with Crippen LogP contribution in [-0.4, -0.2) is 16.1 Å². The molecule has 4 nitrogen and oxygen atoms in total. The topological polar surface area (TPSA) is 63.3 Å². The lowest BCUT2D eigenvalue weighted by Crippen LogP contribution is -2.00. The summed E-state index contributed by atoms with van der Waals surface area (Å²) in [5.41, 5.74) is 3.38. The molecule has 0 unspecified atom stereocenters. The summed E-state index contributed by atoms with van der Waals surface area (Å²) in [7, 11) is 0. The Bertz CT molecular complexity index is 1020. The number of fused-ring (bicyclic) bond motifs is 1. The fourth-order valence-corrected chi connectivity index (χ4v) is 2.75. The highest BCUT2D eigenvalue weighted by Gasteiger charge is 2.12. The lowest BCUT2D eigenvalue weighted by atomic mass is 10.0. The van der Waals surface area contributed by atoms with Crippen LogP contribution in [0.2, 0.25) is 0 Å². The van der Waals surface area contributed by atoms with E-state index in [-0.39, 0.29) is 5.56 Å². The molecule has 0 radical (unpaired) electrons. The van der Waals surface area contributed by atoms with Gasteiger partial charge in [0, 0.05) is 16.5 Å². The molecule has 4 aromatic rings.